The summed E-state index contributed by atoms with van der Waals surface area (Å²) in [5, 5.41) is 0. The van der Waals surface area contributed by atoms with Crippen LogP contribution in [0.15, 0.2) is 24.3 Å². The van der Waals surface area contributed by atoms with E-state index in [0.717, 1.165) is 44.5 Å². The van der Waals surface area contributed by atoms with Gasteiger partial charge in [-0.3, -0.25) is 4.79 Å². The molecule has 0 bridgehead atoms. The van der Waals surface area contributed by atoms with Crippen LogP contribution in [0.4, 0.5) is 0 Å². The van der Waals surface area contributed by atoms with Crippen LogP contribution in [0.1, 0.15) is 31.2 Å². The number of carbonyl (C=O) groups excluding carboxylic acids is 1. The normalized spacial score (nSPS) is 15.4. The number of benzene rings is 1. The van der Waals surface area contributed by atoms with Gasteiger partial charge < -0.3 is 15.4 Å². The second-order valence-electron chi connectivity index (χ2n) is 5.42. The average molecular weight is 313 g/mol. The molecule has 0 unspecified atom stereocenters. The summed E-state index contributed by atoms with van der Waals surface area (Å²) in [6.07, 6.45) is 4.33. The van der Waals surface area contributed by atoms with Crippen LogP contribution in [0, 0.1) is 0 Å². The van der Waals surface area contributed by atoms with E-state index in [9.17, 15) is 4.79 Å². The number of aryl methyl sites for hydroxylation is 1. The van der Waals surface area contributed by atoms with Gasteiger partial charge >= 0.3 is 0 Å². The highest BCUT2D eigenvalue weighted by Crippen LogP contribution is 2.14. The standard InChI is InChI=1S/C16H24N2O2.ClH/c1-20-15-7-5-13(6-8-15)3-2-4-16(19)18-11-9-14(17)10-12-18;/h5-8,14H,2-4,9-12,17H2,1H3;1H. The zero-order chi connectivity index (χ0) is 14.4. The van der Waals surface area contributed by atoms with Gasteiger partial charge in [-0.15, -0.1) is 12.4 Å². The first-order valence-electron chi connectivity index (χ1n) is 7.35. The van der Waals surface area contributed by atoms with E-state index in [-0.39, 0.29) is 24.4 Å². The summed E-state index contributed by atoms with van der Waals surface area (Å²) >= 11 is 0. The number of methoxy groups -OCH3 is 1. The minimum absolute atomic E-state index is 0. The van der Waals surface area contributed by atoms with Gasteiger partial charge in [0, 0.05) is 25.6 Å². The number of nitrogens with two attached hydrogens (primary N) is 1. The number of amides is 1. The van der Waals surface area contributed by atoms with Gasteiger partial charge in [-0.25, -0.2) is 0 Å². The molecule has 1 aliphatic heterocycles. The van der Waals surface area contributed by atoms with E-state index in [1.165, 1.54) is 5.56 Å². The van der Waals surface area contributed by atoms with Crippen LogP contribution in [-0.4, -0.2) is 37.0 Å². The highest BCUT2D eigenvalue weighted by atomic mass is 35.5. The molecule has 1 amide bonds. The molecule has 1 saturated heterocycles. The third kappa shape index (κ3) is 5.56. The Kier molecular flexibility index (Phi) is 7.54. The molecular formula is C16H25ClN2O2. The van der Waals surface area contributed by atoms with Crippen molar-refractivity contribution in [1.29, 1.82) is 0 Å². The van der Waals surface area contributed by atoms with E-state index in [4.69, 9.17) is 10.5 Å². The number of hydrogen-bond donors (Lipinski definition) is 1. The Balaban J connectivity index is 0.00000220. The van der Waals surface area contributed by atoms with Gasteiger partial charge in [-0.05, 0) is 43.4 Å². The fraction of sp³-hybridized carbons (Fsp3) is 0.562. The number of likely N-dealkylation sites (tertiary alicyclic amines) is 1. The molecule has 1 aromatic rings. The Labute approximate surface area is 133 Å². The fourth-order valence-corrected chi connectivity index (χ4v) is 2.54. The number of hydrogen-bond acceptors (Lipinski definition) is 3. The van der Waals surface area contributed by atoms with Crippen LogP contribution in [0.25, 0.3) is 0 Å². The van der Waals surface area contributed by atoms with Gasteiger partial charge in [-0.2, -0.15) is 0 Å². The molecule has 2 rings (SSSR count). The van der Waals surface area contributed by atoms with Crippen LogP contribution in [0.5, 0.6) is 5.75 Å². The second kappa shape index (κ2) is 8.90. The monoisotopic (exact) mass is 312 g/mol. The van der Waals surface area contributed by atoms with Crippen molar-refractivity contribution in [3.8, 4) is 5.75 Å². The molecule has 2 N–H and O–H groups in total. The Morgan fingerprint density at radius 2 is 1.90 bits per heavy atom. The van der Waals surface area contributed by atoms with Crippen molar-refractivity contribution in [2.24, 2.45) is 5.73 Å². The van der Waals surface area contributed by atoms with Gasteiger partial charge in [0.15, 0.2) is 0 Å². The van der Waals surface area contributed by atoms with E-state index >= 15 is 0 Å². The lowest BCUT2D eigenvalue weighted by Gasteiger charge is -2.30. The molecule has 0 spiro atoms. The van der Waals surface area contributed by atoms with Crippen molar-refractivity contribution in [2.45, 2.75) is 38.1 Å². The van der Waals surface area contributed by atoms with Gasteiger partial charge in [0.1, 0.15) is 5.75 Å². The Morgan fingerprint density at radius 3 is 2.48 bits per heavy atom. The van der Waals surface area contributed by atoms with E-state index in [0.29, 0.717) is 6.42 Å². The lowest BCUT2D eigenvalue weighted by atomic mass is 10.0. The molecule has 0 aliphatic carbocycles. The SMILES string of the molecule is COc1ccc(CCCC(=O)N2CCC(N)CC2)cc1.Cl. The maximum absolute atomic E-state index is 12.1. The lowest BCUT2D eigenvalue weighted by molar-refractivity contribution is -0.132. The van der Waals surface area contributed by atoms with E-state index in [1.54, 1.807) is 7.11 Å². The molecule has 21 heavy (non-hydrogen) atoms. The zero-order valence-electron chi connectivity index (χ0n) is 12.6. The first-order valence-corrected chi connectivity index (χ1v) is 7.35. The maximum atomic E-state index is 12.1. The summed E-state index contributed by atoms with van der Waals surface area (Å²) in [4.78, 5) is 14.0. The van der Waals surface area contributed by atoms with Crippen LogP contribution < -0.4 is 10.5 Å². The first kappa shape index (κ1) is 17.8. The van der Waals surface area contributed by atoms with Gasteiger partial charge in [0.05, 0.1) is 7.11 Å². The number of carbonyl (C=O) groups is 1. The Hall–Kier alpha value is -1.26. The van der Waals surface area contributed by atoms with E-state index in [1.807, 2.05) is 17.0 Å². The van der Waals surface area contributed by atoms with Crippen LogP contribution >= 0.6 is 12.4 Å². The Bertz CT molecular complexity index is 428. The highest BCUT2D eigenvalue weighted by molar-refractivity contribution is 5.85. The summed E-state index contributed by atoms with van der Waals surface area (Å²) in [6, 6.07) is 8.32. The van der Waals surface area contributed by atoms with Crippen LogP contribution in [-0.2, 0) is 11.2 Å². The molecule has 1 aromatic carbocycles. The quantitative estimate of drug-likeness (QED) is 0.908. The van der Waals surface area contributed by atoms with Crippen molar-refractivity contribution in [1.82, 2.24) is 4.90 Å². The van der Waals surface area contributed by atoms with E-state index in [2.05, 4.69) is 12.1 Å². The lowest BCUT2D eigenvalue weighted by Crippen LogP contribution is -2.42. The number of halogens is 1. The predicted octanol–water partition coefficient (Wildman–Crippen LogP) is 2.39. The van der Waals surface area contributed by atoms with Gasteiger partial charge in [-0.1, -0.05) is 12.1 Å². The average Bonchev–Trinajstić information content (AvgIpc) is 2.48. The number of ether oxygens (including phenoxy) is 1. The molecule has 0 aromatic heterocycles. The first-order chi connectivity index (χ1) is 9.69. The summed E-state index contributed by atoms with van der Waals surface area (Å²) < 4.78 is 5.13. The van der Waals surface area contributed by atoms with Crippen LogP contribution in [0.2, 0.25) is 0 Å². The number of rotatable bonds is 5. The highest BCUT2D eigenvalue weighted by Gasteiger charge is 2.19. The minimum Gasteiger partial charge on any atom is -0.497 e. The smallest absolute Gasteiger partial charge is 0.222 e. The molecule has 1 heterocycles. The van der Waals surface area contributed by atoms with Crippen molar-refractivity contribution in [3.63, 3.8) is 0 Å². The molecule has 0 radical (unpaired) electrons. The second-order valence-corrected chi connectivity index (χ2v) is 5.42. The van der Waals surface area contributed by atoms with E-state index < -0.39 is 0 Å². The molecule has 5 heteroatoms. The molecular weight excluding hydrogens is 288 g/mol. The predicted molar refractivity (Wildman–Crippen MR) is 87.0 cm³/mol. The summed E-state index contributed by atoms with van der Waals surface area (Å²) in [5.41, 5.74) is 7.10. The molecule has 0 atom stereocenters. The maximum Gasteiger partial charge on any atom is 0.222 e. The van der Waals surface area contributed by atoms with Gasteiger partial charge in [0.25, 0.3) is 0 Å². The zero-order valence-corrected chi connectivity index (χ0v) is 13.4. The summed E-state index contributed by atoms with van der Waals surface area (Å²) in [5.74, 6) is 1.14. The number of nitrogens with zero attached hydrogens (tertiary/aromatic N) is 1. The number of piperidine rings is 1. The fourth-order valence-electron chi connectivity index (χ4n) is 2.54. The molecule has 1 fully saturated rings. The summed E-state index contributed by atoms with van der Waals surface area (Å²) in [6.45, 7) is 1.64. The van der Waals surface area contributed by atoms with Crippen molar-refractivity contribution in [2.75, 3.05) is 20.2 Å². The Morgan fingerprint density at radius 1 is 1.29 bits per heavy atom. The summed E-state index contributed by atoms with van der Waals surface area (Å²) in [7, 11) is 1.66. The minimum atomic E-state index is 0. The largest absolute Gasteiger partial charge is 0.497 e. The molecule has 4 nitrogen and oxygen atoms in total. The van der Waals surface area contributed by atoms with Crippen molar-refractivity contribution < 1.29 is 9.53 Å². The molecule has 0 saturated carbocycles. The third-order valence-corrected chi connectivity index (χ3v) is 3.91. The molecule has 118 valence electrons. The van der Waals surface area contributed by atoms with Crippen molar-refractivity contribution >= 4 is 18.3 Å². The topological polar surface area (TPSA) is 55.6 Å². The molecule has 1 aliphatic rings. The third-order valence-electron chi connectivity index (χ3n) is 3.91. The van der Waals surface area contributed by atoms with Crippen molar-refractivity contribution in [3.05, 3.63) is 29.8 Å². The van der Waals surface area contributed by atoms with Crippen LogP contribution in [0.3, 0.4) is 0 Å². The van der Waals surface area contributed by atoms with Gasteiger partial charge in [0.2, 0.25) is 5.91 Å².